The molecule has 0 spiro atoms. The van der Waals surface area contributed by atoms with E-state index in [9.17, 15) is 29.1 Å². The van der Waals surface area contributed by atoms with Gasteiger partial charge in [-0.3, -0.25) is 29.4 Å². The summed E-state index contributed by atoms with van der Waals surface area (Å²) in [6, 6.07) is 20.5. The number of hydrogen-bond acceptors (Lipinski definition) is 8. The van der Waals surface area contributed by atoms with Gasteiger partial charge in [0.15, 0.2) is 17.7 Å². The number of carbonyl (C=O) groups is 5. The van der Waals surface area contributed by atoms with E-state index in [0.717, 1.165) is 5.56 Å². The summed E-state index contributed by atoms with van der Waals surface area (Å²) in [5.41, 5.74) is 0.620. The second-order valence-electron chi connectivity index (χ2n) is 10.3. The topological polar surface area (TPSA) is 163 Å². The highest BCUT2D eigenvalue weighted by Gasteiger charge is 2.60. The molecule has 3 aromatic rings. The van der Waals surface area contributed by atoms with Crippen LogP contribution in [-0.4, -0.2) is 60.1 Å². The lowest BCUT2D eigenvalue weighted by molar-refractivity contribution is -0.140. The number of nitrogens with zero attached hydrogens (tertiary/aromatic N) is 1. The molecule has 42 heavy (non-hydrogen) atoms. The Balaban J connectivity index is 1.33. The number of hydrogen-bond donors (Lipinski definition) is 4. The van der Waals surface area contributed by atoms with E-state index in [4.69, 9.17) is 9.47 Å². The number of carboxylic acids is 1. The summed E-state index contributed by atoms with van der Waals surface area (Å²) in [5.74, 6) is -3.24. The van der Waals surface area contributed by atoms with E-state index in [2.05, 4.69) is 16.0 Å². The Labute approximate surface area is 239 Å². The highest BCUT2D eigenvalue weighted by molar-refractivity contribution is 6.06. The molecule has 1 saturated carbocycles. The Morgan fingerprint density at radius 3 is 2.50 bits per heavy atom. The van der Waals surface area contributed by atoms with Crippen molar-refractivity contribution in [2.24, 2.45) is 5.92 Å². The van der Waals surface area contributed by atoms with Crippen molar-refractivity contribution >= 4 is 35.7 Å². The van der Waals surface area contributed by atoms with Crippen LogP contribution in [0.2, 0.25) is 0 Å². The van der Waals surface area contributed by atoms with Gasteiger partial charge in [-0.05, 0) is 41.8 Å². The maximum atomic E-state index is 14.1. The molecule has 1 fully saturated rings. The summed E-state index contributed by atoms with van der Waals surface area (Å²) in [7, 11) is 0. The molecule has 4 atom stereocenters. The first-order valence-corrected chi connectivity index (χ1v) is 13.2. The first-order valence-electron chi connectivity index (χ1n) is 13.2. The minimum absolute atomic E-state index is 0.0338. The molecule has 12 heteroatoms. The summed E-state index contributed by atoms with van der Waals surface area (Å²) in [4.78, 5) is 64.9. The van der Waals surface area contributed by atoms with Gasteiger partial charge in [-0.25, -0.2) is 0 Å². The summed E-state index contributed by atoms with van der Waals surface area (Å²) in [5, 5.41) is 17.8. The van der Waals surface area contributed by atoms with E-state index in [-0.39, 0.29) is 18.8 Å². The standard InChI is InChI=1S/C30H26N4O8/c35-15-30(13-20(30)29(39)40)33-24(36)14-34-21-9-5-4-8-19(21)25(17-6-2-1-3-7-17)31-26(28(34)38)32-27(37)18-10-11-22-23(12-18)42-16-41-22/h1-12,15,20,25-26,31H,13-14,16H2,(H,32,37)(H,33,36)(H,39,40). The zero-order valence-corrected chi connectivity index (χ0v) is 22.1. The van der Waals surface area contributed by atoms with Crippen molar-refractivity contribution in [2.75, 3.05) is 18.2 Å². The lowest BCUT2D eigenvalue weighted by Crippen LogP contribution is -2.57. The number of aldehydes is 1. The maximum absolute atomic E-state index is 14.1. The van der Waals surface area contributed by atoms with E-state index in [0.29, 0.717) is 29.0 Å². The smallest absolute Gasteiger partial charge is 0.309 e. The van der Waals surface area contributed by atoms with Crippen LogP contribution < -0.4 is 30.3 Å². The van der Waals surface area contributed by atoms with Gasteiger partial charge in [0.2, 0.25) is 12.7 Å². The molecule has 3 aliphatic rings. The second-order valence-corrected chi connectivity index (χ2v) is 10.3. The Hall–Kier alpha value is -5.23. The number of benzene rings is 3. The zero-order chi connectivity index (χ0) is 29.4. The number of carbonyl (C=O) groups excluding carboxylic acids is 4. The highest BCUT2D eigenvalue weighted by atomic mass is 16.7. The fraction of sp³-hybridized carbons (Fsp3) is 0.233. The molecule has 0 saturated heterocycles. The third-order valence-corrected chi connectivity index (χ3v) is 7.61. The molecule has 0 radical (unpaired) electrons. The van der Waals surface area contributed by atoms with E-state index >= 15 is 0 Å². The summed E-state index contributed by atoms with van der Waals surface area (Å²) < 4.78 is 10.7. The third-order valence-electron chi connectivity index (χ3n) is 7.61. The summed E-state index contributed by atoms with van der Waals surface area (Å²) >= 11 is 0. The molecule has 12 nitrogen and oxygen atoms in total. The normalized spacial score (nSPS) is 23.8. The average molecular weight is 571 g/mol. The van der Waals surface area contributed by atoms with E-state index < -0.39 is 53.9 Å². The van der Waals surface area contributed by atoms with Gasteiger partial charge in [0.05, 0.1) is 12.0 Å². The largest absolute Gasteiger partial charge is 0.481 e. The van der Waals surface area contributed by atoms with Gasteiger partial charge in [0, 0.05) is 11.3 Å². The van der Waals surface area contributed by atoms with Crippen LogP contribution in [0.15, 0.2) is 72.8 Å². The molecule has 0 bridgehead atoms. The van der Waals surface area contributed by atoms with E-state index in [1.54, 1.807) is 30.3 Å². The minimum Gasteiger partial charge on any atom is -0.481 e. The van der Waals surface area contributed by atoms with E-state index in [1.807, 2.05) is 36.4 Å². The fourth-order valence-electron chi connectivity index (χ4n) is 5.35. The first kappa shape index (κ1) is 27.0. The highest BCUT2D eigenvalue weighted by Crippen LogP contribution is 2.42. The predicted octanol–water partition coefficient (Wildman–Crippen LogP) is 1.36. The van der Waals surface area contributed by atoms with Crippen LogP contribution in [0.3, 0.4) is 0 Å². The van der Waals surface area contributed by atoms with Crippen LogP contribution in [0, 0.1) is 5.92 Å². The molecule has 2 heterocycles. The quantitative estimate of drug-likeness (QED) is 0.293. The number of aliphatic carboxylic acids is 1. The van der Waals surface area contributed by atoms with Crippen LogP contribution in [0.1, 0.15) is 33.9 Å². The van der Waals surface area contributed by atoms with Gasteiger partial charge in [0.1, 0.15) is 18.4 Å². The third kappa shape index (κ3) is 4.92. The number of fused-ring (bicyclic) bond motifs is 2. The average Bonchev–Trinajstić information content (AvgIpc) is 3.56. The lowest BCUT2D eigenvalue weighted by Gasteiger charge is -2.26. The fourth-order valence-corrected chi connectivity index (χ4v) is 5.35. The molecule has 6 rings (SSSR count). The molecular weight excluding hydrogens is 544 g/mol. The Bertz CT molecular complexity index is 1600. The van der Waals surface area contributed by atoms with Crippen LogP contribution >= 0.6 is 0 Å². The number of amides is 3. The number of anilines is 1. The van der Waals surface area contributed by atoms with Crippen molar-refractivity contribution in [2.45, 2.75) is 24.2 Å². The Kier molecular flexibility index (Phi) is 6.83. The number of nitrogens with one attached hydrogen (secondary N) is 3. The lowest BCUT2D eigenvalue weighted by atomic mass is 9.97. The molecule has 2 aliphatic heterocycles. The van der Waals surface area contributed by atoms with Crippen molar-refractivity contribution in [1.82, 2.24) is 16.0 Å². The molecule has 3 amide bonds. The van der Waals surface area contributed by atoms with Crippen molar-refractivity contribution in [3.63, 3.8) is 0 Å². The SMILES string of the molecule is O=CC1(NC(=O)CN2C(=O)C(NC(=O)c3ccc4c(c3)OCO4)NC(c3ccccc3)c3ccccc32)CC1C(=O)O. The first-order chi connectivity index (χ1) is 20.3. The number of para-hydroxylation sites is 1. The van der Waals surface area contributed by atoms with Crippen molar-refractivity contribution in [1.29, 1.82) is 0 Å². The molecular formula is C30H26N4O8. The van der Waals surface area contributed by atoms with Crippen LogP contribution in [0.4, 0.5) is 5.69 Å². The minimum atomic E-state index is -1.52. The molecule has 4 N–H and O–H groups in total. The van der Waals surface area contributed by atoms with Crippen LogP contribution in [0.5, 0.6) is 11.5 Å². The van der Waals surface area contributed by atoms with Crippen LogP contribution in [-0.2, 0) is 19.2 Å². The summed E-state index contributed by atoms with van der Waals surface area (Å²) in [6.45, 7) is -0.479. The number of carboxylic acid groups (broad SMARTS) is 1. The van der Waals surface area contributed by atoms with Gasteiger partial charge in [-0.15, -0.1) is 0 Å². The molecule has 214 valence electrons. The van der Waals surface area contributed by atoms with Crippen molar-refractivity contribution in [3.05, 3.63) is 89.5 Å². The molecule has 4 unspecified atom stereocenters. The number of rotatable bonds is 8. The molecule has 1 aliphatic carbocycles. The second kappa shape index (κ2) is 10.6. The molecule has 0 aromatic heterocycles. The molecule has 3 aromatic carbocycles. The Morgan fingerprint density at radius 1 is 1.02 bits per heavy atom. The van der Waals surface area contributed by atoms with Gasteiger partial charge < -0.3 is 30.0 Å². The van der Waals surface area contributed by atoms with Crippen LogP contribution in [0.25, 0.3) is 0 Å². The van der Waals surface area contributed by atoms with Crippen molar-refractivity contribution in [3.8, 4) is 11.5 Å². The van der Waals surface area contributed by atoms with Crippen molar-refractivity contribution < 1.29 is 38.6 Å². The number of ether oxygens (including phenoxy) is 2. The van der Waals surface area contributed by atoms with Gasteiger partial charge in [-0.2, -0.15) is 0 Å². The van der Waals surface area contributed by atoms with E-state index in [1.165, 1.54) is 11.0 Å². The monoisotopic (exact) mass is 570 g/mol. The maximum Gasteiger partial charge on any atom is 0.309 e. The predicted molar refractivity (Wildman–Crippen MR) is 147 cm³/mol. The zero-order valence-electron chi connectivity index (χ0n) is 22.1. The van der Waals surface area contributed by atoms with Gasteiger partial charge >= 0.3 is 5.97 Å². The van der Waals surface area contributed by atoms with Gasteiger partial charge in [-0.1, -0.05) is 48.5 Å². The Morgan fingerprint density at radius 2 is 1.76 bits per heavy atom. The summed E-state index contributed by atoms with van der Waals surface area (Å²) in [6.07, 6.45) is -0.891. The van der Waals surface area contributed by atoms with Gasteiger partial charge in [0.25, 0.3) is 11.8 Å².